The standard InChI is InChI=1S/C55H46N4O12/c1-31(2)47(60)29-69-54(67)43-25-23-41(27-45(43)52(65)56-6)71-42-24-26-44(55(68)70-30-48(61)32(3)4)46(28-42)53(66)59-40-21-15-37(16-22-40)51(64)58-39-19-13-35(14-20-39)49(62)34-11-17-38(18-12-34)57-50(63)36-9-7-33(5)8-10-36/h7-28H,1,3,29-30H2,2,4-6H3,(H,56,65)(H,57,63)(H,58,64)(H,59,66). The average molecular weight is 955 g/mol. The van der Waals surface area contributed by atoms with Crippen molar-refractivity contribution in [2.75, 3.05) is 36.2 Å². The Morgan fingerprint density at radius 3 is 1.17 bits per heavy atom. The summed E-state index contributed by atoms with van der Waals surface area (Å²) >= 11 is 0. The summed E-state index contributed by atoms with van der Waals surface area (Å²) in [6, 6.07) is 33.4. The van der Waals surface area contributed by atoms with Gasteiger partial charge in [0.1, 0.15) is 11.5 Å². The Balaban J connectivity index is 1.12. The zero-order valence-electron chi connectivity index (χ0n) is 38.9. The predicted octanol–water partition coefficient (Wildman–Crippen LogP) is 8.74. The van der Waals surface area contributed by atoms with Crippen LogP contribution in [0.1, 0.15) is 97.5 Å². The van der Waals surface area contributed by atoms with Gasteiger partial charge in [0.2, 0.25) is 0 Å². The molecule has 16 nitrogen and oxygen atoms in total. The second kappa shape index (κ2) is 23.0. The van der Waals surface area contributed by atoms with Gasteiger partial charge < -0.3 is 35.5 Å². The van der Waals surface area contributed by atoms with Crippen LogP contribution in [0.2, 0.25) is 0 Å². The number of anilines is 3. The van der Waals surface area contributed by atoms with Crippen molar-refractivity contribution in [2.45, 2.75) is 20.8 Å². The van der Waals surface area contributed by atoms with E-state index in [2.05, 4.69) is 34.4 Å². The Bertz CT molecular complexity index is 3120. The summed E-state index contributed by atoms with van der Waals surface area (Å²) < 4.78 is 16.2. The minimum atomic E-state index is -1.01. The molecule has 0 saturated heterocycles. The van der Waals surface area contributed by atoms with Crippen molar-refractivity contribution in [3.63, 3.8) is 0 Å². The van der Waals surface area contributed by atoms with Gasteiger partial charge in [-0.2, -0.15) is 0 Å². The van der Waals surface area contributed by atoms with E-state index in [-0.39, 0.29) is 67.8 Å². The number of rotatable bonds is 19. The van der Waals surface area contributed by atoms with Gasteiger partial charge in [0, 0.05) is 46.4 Å². The summed E-state index contributed by atoms with van der Waals surface area (Å²) in [5, 5.41) is 10.7. The number of carbonyl (C=O) groups is 9. The molecule has 0 radical (unpaired) electrons. The van der Waals surface area contributed by atoms with Gasteiger partial charge in [0.15, 0.2) is 30.6 Å². The summed E-state index contributed by atoms with van der Waals surface area (Å²) in [6.45, 7) is 10.7. The molecule has 0 atom stereocenters. The highest BCUT2D eigenvalue weighted by molar-refractivity contribution is 6.13. The normalized spacial score (nSPS) is 10.4. The average Bonchev–Trinajstić information content (AvgIpc) is 3.37. The Kier molecular flexibility index (Phi) is 16.4. The fourth-order valence-corrected chi connectivity index (χ4v) is 6.43. The lowest BCUT2D eigenvalue weighted by molar-refractivity contribution is -0.119. The molecule has 0 saturated carbocycles. The third-order valence-electron chi connectivity index (χ3n) is 10.5. The van der Waals surface area contributed by atoms with Gasteiger partial charge in [-0.3, -0.25) is 33.6 Å². The second-order valence-corrected chi connectivity index (χ2v) is 15.9. The molecule has 0 aliphatic carbocycles. The predicted molar refractivity (Wildman–Crippen MR) is 264 cm³/mol. The summed E-state index contributed by atoms with van der Waals surface area (Å²) in [7, 11) is 1.34. The van der Waals surface area contributed by atoms with Crippen LogP contribution < -0.4 is 26.0 Å². The van der Waals surface area contributed by atoms with E-state index in [0.29, 0.717) is 28.1 Å². The number of nitrogens with one attached hydrogen (secondary N) is 4. The monoisotopic (exact) mass is 954 g/mol. The minimum Gasteiger partial charge on any atom is -0.457 e. The minimum absolute atomic E-state index is 0.00880. The van der Waals surface area contributed by atoms with Gasteiger partial charge in [-0.05, 0) is 153 Å². The van der Waals surface area contributed by atoms with E-state index in [9.17, 15) is 43.2 Å². The SMILES string of the molecule is C=C(C)C(=O)COC(=O)c1ccc(Oc2ccc(C(=O)OCC(=O)C(=C)C)c(C(=O)Nc3ccc(C(=O)Nc4ccc(C(=O)c5ccc(NC(=O)c6ccc(C)cc6)cc5)cc4)cc3)c2)cc1C(=O)NC. The zero-order valence-corrected chi connectivity index (χ0v) is 38.9. The molecule has 71 heavy (non-hydrogen) atoms. The first kappa shape index (κ1) is 50.8. The fourth-order valence-electron chi connectivity index (χ4n) is 6.43. The van der Waals surface area contributed by atoms with Crippen molar-refractivity contribution < 1.29 is 57.4 Å². The first-order valence-electron chi connectivity index (χ1n) is 21.7. The molecule has 0 bridgehead atoms. The molecule has 6 aromatic rings. The van der Waals surface area contributed by atoms with Crippen LogP contribution in [0.4, 0.5) is 17.1 Å². The quantitative estimate of drug-likeness (QED) is 0.0339. The number of ketones is 3. The van der Waals surface area contributed by atoms with Crippen LogP contribution in [-0.2, 0) is 19.1 Å². The first-order chi connectivity index (χ1) is 33.9. The second-order valence-electron chi connectivity index (χ2n) is 15.9. The van der Waals surface area contributed by atoms with Gasteiger partial charge in [0.25, 0.3) is 23.6 Å². The van der Waals surface area contributed by atoms with Gasteiger partial charge >= 0.3 is 11.9 Å². The fraction of sp³-hybridized carbons (Fsp3) is 0.109. The van der Waals surface area contributed by atoms with Crippen LogP contribution in [-0.4, -0.2) is 73.2 Å². The Labute approximate surface area is 407 Å². The molecular weight excluding hydrogens is 909 g/mol. The number of carbonyl (C=O) groups excluding carboxylic acids is 9. The van der Waals surface area contributed by atoms with Crippen molar-refractivity contribution in [3.8, 4) is 11.5 Å². The van der Waals surface area contributed by atoms with Crippen molar-refractivity contribution in [1.82, 2.24) is 5.32 Å². The Morgan fingerprint density at radius 1 is 0.437 bits per heavy atom. The number of hydrogen-bond acceptors (Lipinski definition) is 12. The van der Waals surface area contributed by atoms with E-state index in [4.69, 9.17) is 14.2 Å². The highest BCUT2D eigenvalue weighted by Crippen LogP contribution is 2.28. The van der Waals surface area contributed by atoms with E-state index < -0.39 is 54.4 Å². The van der Waals surface area contributed by atoms with E-state index in [0.717, 1.165) is 5.56 Å². The summed E-state index contributed by atoms with van der Waals surface area (Å²) in [5.41, 5.74) is 3.21. The highest BCUT2D eigenvalue weighted by atomic mass is 16.5. The lowest BCUT2D eigenvalue weighted by Gasteiger charge is -2.14. The first-order valence-corrected chi connectivity index (χ1v) is 21.7. The van der Waals surface area contributed by atoms with Crippen molar-refractivity contribution in [1.29, 1.82) is 0 Å². The zero-order chi connectivity index (χ0) is 51.4. The van der Waals surface area contributed by atoms with Crippen LogP contribution in [0.3, 0.4) is 0 Å². The number of benzene rings is 6. The van der Waals surface area contributed by atoms with Crippen molar-refractivity contribution in [2.24, 2.45) is 0 Å². The third kappa shape index (κ3) is 13.3. The van der Waals surface area contributed by atoms with Gasteiger partial charge in [0.05, 0.1) is 22.3 Å². The number of Topliss-reactive ketones (excluding diaryl/α,β-unsaturated/α-hetero) is 2. The largest absolute Gasteiger partial charge is 0.457 e. The van der Waals surface area contributed by atoms with Crippen LogP contribution in [0.5, 0.6) is 11.5 Å². The summed E-state index contributed by atoms with van der Waals surface area (Å²) in [5.74, 6) is -5.48. The van der Waals surface area contributed by atoms with Gasteiger partial charge in [-0.15, -0.1) is 0 Å². The molecule has 0 aliphatic rings. The maximum atomic E-state index is 13.9. The lowest BCUT2D eigenvalue weighted by Crippen LogP contribution is -2.23. The molecular formula is C55H46N4O12. The van der Waals surface area contributed by atoms with E-state index in [1.54, 1.807) is 60.7 Å². The van der Waals surface area contributed by atoms with E-state index >= 15 is 0 Å². The van der Waals surface area contributed by atoms with Gasteiger partial charge in [-0.1, -0.05) is 30.9 Å². The molecule has 0 unspecified atom stereocenters. The van der Waals surface area contributed by atoms with Gasteiger partial charge in [-0.25, -0.2) is 9.59 Å². The Morgan fingerprint density at radius 2 is 0.789 bits per heavy atom. The number of amides is 4. The molecule has 0 heterocycles. The third-order valence-corrected chi connectivity index (χ3v) is 10.5. The molecule has 6 aromatic carbocycles. The number of hydrogen-bond donors (Lipinski definition) is 4. The molecule has 4 amide bonds. The van der Waals surface area contributed by atoms with Crippen LogP contribution in [0, 0.1) is 6.92 Å². The smallest absolute Gasteiger partial charge is 0.339 e. The highest BCUT2D eigenvalue weighted by Gasteiger charge is 2.24. The maximum Gasteiger partial charge on any atom is 0.339 e. The molecule has 4 N–H and O–H groups in total. The number of aryl methyl sites for hydroxylation is 1. The summed E-state index contributed by atoms with van der Waals surface area (Å²) in [4.78, 5) is 116. The van der Waals surface area contributed by atoms with Crippen LogP contribution in [0.15, 0.2) is 158 Å². The maximum absolute atomic E-state index is 13.9. The van der Waals surface area contributed by atoms with Crippen molar-refractivity contribution >= 4 is 70.0 Å². The molecule has 0 aliphatic heterocycles. The molecule has 6 rings (SSSR count). The molecule has 16 heteroatoms. The van der Waals surface area contributed by atoms with Crippen LogP contribution in [0.25, 0.3) is 0 Å². The van der Waals surface area contributed by atoms with Crippen molar-refractivity contribution in [3.05, 3.63) is 208 Å². The molecule has 0 spiro atoms. The van der Waals surface area contributed by atoms with E-state index in [1.807, 2.05) is 19.1 Å². The molecule has 0 aromatic heterocycles. The topological polar surface area (TPSA) is 229 Å². The number of ether oxygens (including phenoxy) is 3. The summed E-state index contributed by atoms with van der Waals surface area (Å²) in [6.07, 6.45) is 0. The van der Waals surface area contributed by atoms with E-state index in [1.165, 1.54) is 81.6 Å². The van der Waals surface area contributed by atoms with Crippen LogP contribution >= 0.6 is 0 Å². The lowest BCUT2D eigenvalue weighted by atomic mass is 10.0. The molecule has 358 valence electrons. The molecule has 0 fully saturated rings. The number of esters is 2. The Hall–Kier alpha value is -9.57.